The van der Waals surface area contributed by atoms with Crippen molar-refractivity contribution in [2.45, 2.75) is 40.0 Å². The molecule has 1 N–H and O–H groups in total. The lowest BCUT2D eigenvalue weighted by Gasteiger charge is -2.22. The fourth-order valence-corrected chi connectivity index (χ4v) is 1.80. The first-order valence-electron chi connectivity index (χ1n) is 5.59. The number of aryl methyl sites for hydroxylation is 2. The molecule has 0 aliphatic carbocycles. The van der Waals surface area contributed by atoms with Crippen LogP contribution in [0.1, 0.15) is 37.5 Å². The Morgan fingerprint density at radius 1 is 1.19 bits per heavy atom. The third kappa shape index (κ3) is 2.76. The molecule has 0 atom stereocenters. The Bertz CT molecular complexity index is 396. The molecule has 86 valence electrons. The van der Waals surface area contributed by atoms with E-state index in [1.807, 2.05) is 0 Å². The number of hydrogen-bond donors (Lipinski definition) is 1. The van der Waals surface area contributed by atoms with Gasteiger partial charge in [0.2, 0.25) is 0 Å². The van der Waals surface area contributed by atoms with Crippen LogP contribution in [0.2, 0.25) is 0 Å². The summed E-state index contributed by atoms with van der Waals surface area (Å²) in [5.74, 6) is 0. The predicted octanol–water partition coefficient (Wildman–Crippen LogP) is 3.54. The van der Waals surface area contributed by atoms with Crippen LogP contribution in [0.15, 0.2) is 12.1 Å². The fraction of sp³-hybridized carbons (Fsp3) is 0.500. The number of benzene rings is 1. The van der Waals surface area contributed by atoms with Crippen molar-refractivity contribution < 1.29 is 0 Å². The van der Waals surface area contributed by atoms with Crippen LogP contribution in [0, 0.1) is 25.2 Å². The first-order valence-corrected chi connectivity index (χ1v) is 5.59. The topological polar surface area (TPSA) is 35.8 Å². The molecular formula is C14H20N2. The zero-order chi connectivity index (χ0) is 12.3. The molecule has 0 spiro atoms. The molecule has 1 aromatic carbocycles. The molecule has 0 amide bonds. The minimum absolute atomic E-state index is 0.170. The number of nitrogens with one attached hydrogen (secondary N) is 1. The second kappa shape index (κ2) is 4.57. The van der Waals surface area contributed by atoms with E-state index in [9.17, 15) is 0 Å². The summed E-state index contributed by atoms with van der Waals surface area (Å²) < 4.78 is 0. The predicted molar refractivity (Wildman–Crippen MR) is 68.7 cm³/mol. The Morgan fingerprint density at radius 3 is 2.06 bits per heavy atom. The SMILES string of the molecule is Cc1cc(C(C)(C)C)cc(C)c1NCC#N. The summed E-state index contributed by atoms with van der Waals surface area (Å²) in [7, 11) is 0. The van der Waals surface area contributed by atoms with Crippen molar-refractivity contribution in [1.29, 1.82) is 5.26 Å². The third-order valence-electron chi connectivity index (χ3n) is 2.74. The zero-order valence-electron chi connectivity index (χ0n) is 10.8. The molecule has 0 bridgehead atoms. The Hall–Kier alpha value is -1.49. The van der Waals surface area contributed by atoms with Crippen LogP contribution in [-0.2, 0) is 5.41 Å². The van der Waals surface area contributed by atoms with Crippen molar-refractivity contribution in [3.05, 3.63) is 28.8 Å². The highest BCUT2D eigenvalue weighted by Gasteiger charge is 2.15. The highest BCUT2D eigenvalue weighted by Crippen LogP contribution is 2.29. The zero-order valence-corrected chi connectivity index (χ0v) is 10.8. The molecule has 0 heterocycles. The molecule has 2 heteroatoms. The molecule has 0 aliphatic rings. The van der Waals surface area contributed by atoms with Gasteiger partial charge in [-0.05, 0) is 36.0 Å². The highest BCUT2D eigenvalue weighted by atomic mass is 14.9. The van der Waals surface area contributed by atoms with Crippen LogP contribution in [-0.4, -0.2) is 6.54 Å². The van der Waals surface area contributed by atoms with Gasteiger partial charge in [-0.15, -0.1) is 0 Å². The molecule has 0 unspecified atom stereocenters. The first kappa shape index (κ1) is 12.6. The minimum Gasteiger partial charge on any atom is -0.372 e. The molecule has 1 rings (SSSR count). The van der Waals surface area contributed by atoms with Gasteiger partial charge < -0.3 is 5.32 Å². The molecule has 1 aromatic rings. The van der Waals surface area contributed by atoms with Crippen LogP contribution < -0.4 is 5.32 Å². The van der Waals surface area contributed by atoms with Crippen LogP contribution in [0.4, 0.5) is 5.69 Å². The van der Waals surface area contributed by atoms with Crippen molar-refractivity contribution in [3.8, 4) is 6.07 Å². The van der Waals surface area contributed by atoms with E-state index in [2.05, 4.69) is 58.1 Å². The molecule has 16 heavy (non-hydrogen) atoms. The first-order chi connectivity index (χ1) is 7.36. The van der Waals surface area contributed by atoms with E-state index in [0.29, 0.717) is 6.54 Å². The molecule has 2 nitrogen and oxygen atoms in total. The third-order valence-corrected chi connectivity index (χ3v) is 2.74. The summed E-state index contributed by atoms with van der Waals surface area (Å²) in [5, 5.41) is 11.7. The van der Waals surface area contributed by atoms with Crippen molar-refractivity contribution in [2.24, 2.45) is 0 Å². The normalized spacial score (nSPS) is 11.0. The molecule has 0 saturated carbocycles. The average Bonchev–Trinajstić information content (AvgIpc) is 2.15. The lowest BCUT2D eigenvalue weighted by Crippen LogP contribution is -2.13. The van der Waals surface area contributed by atoms with Gasteiger partial charge in [0.05, 0.1) is 6.07 Å². The Balaban J connectivity index is 3.14. The summed E-state index contributed by atoms with van der Waals surface area (Å²) in [6, 6.07) is 6.51. The molecule has 0 saturated heterocycles. The van der Waals surface area contributed by atoms with Crippen LogP contribution in [0.3, 0.4) is 0 Å². The van der Waals surface area contributed by atoms with Gasteiger partial charge >= 0.3 is 0 Å². The molecular weight excluding hydrogens is 196 g/mol. The number of nitrogens with zero attached hydrogens (tertiary/aromatic N) is 1. The van der Waals surface area contributed by atoms with Crippen LogP contribution in [0.5, 0.6) is 0 Å². The number of hydrogen-bond acceptors (Lipinski definition) is 2. The van der Waals surface area contributed by atoms with E-state index in [-0.39, 0.29) is 5.41 Å². The number of nitriles is 1. The number of rotatable bonds is 2. The second-order valence-corrected chi connectivity index (χ2v) is 5.25. The molecule has 0 aliphatic heterocycles. The maximum absolute atomic E-state index is 8.58. The van der Waals surface area contributed by atoms with E-state index in [0.717, 1.165) is 5.69 Å². The summed E-state index contributed by atoms with van der Waals surface area (Å²) >= 11 is 0. The van der Waals surface area contributed by atoms with E-state index >= 15 is 0 Å². The van der Waals surface area contributed by atoms with Crippen LogP contribution >= 0.6 is 0 Å². The van der Waals surface area contributed by atoms with Crippen molar-refractivity contribution in [1.82, 2.24) is 0 Å². The maximum Gasteiger partial charge on any atom is 0.103 e. The van der Waals surface area contributed by atoms with Gasteiger partial charge in [0.25, 0.3) is 0 Å². The Morgan fingerprint density at radius 2 is 1.69 bits per heavy atom. The van der Waals surface area contributed by atoms with Gasteiger partial charge in [0, 0.05) is 5.69 Å². The lowest BCUT2D eigenvalue weighted by molar-refractivity contribution is 0.589. The van der Waals surface area contributed by atoms with Gasteiger partial charge in [0.1, 0.15) is 6.54 Å². The summed E-state index contributed by atoms with van der Waals surface area (Å²) in [4.78, 5) is 0. The Kier molecular flexibility index (Phi) is 3.59. The average molecular weight is 216 g/mol. The van der Waals surface area contributed by atoms with Crippen LogP contribution in [0.25, 0.3) is 0 Å². The molecule has 0 fully saturated rings. The monoisotopic (exact) mass is 216 g/mol. The van der Waals surface area contributed by atoms with E-state index in [1.54, 1.807) is 0 Å². The van der Waals surface area contributed by atoms with Gasteiger partial charge in [-0.1, -0.05) is 32.9 Å². The lowest BCUT2D eigenvalue weighted by atomic mass is 9.85. The summed E-state index contributed by atoms with van der Waals surface area (Å²) in [6.45, 7) is 11.2. The quantitative estimate of drug-likeness (QED) is 0.767. The van der Waals surface area contributed by atoms with Gasteiger partial charge in [-0.2, -0.15) is 5.26 Å². The van der Waals surface area contributed by atoms with Crippen molar-refractivity contribution in [3.63, 3.8) is 0 Å². The number of anilines is 1. The highest BCUT2D eigenvalue weighted by molar-refractivity contribution is 5.59. The second-order valence-electron chi connectivity index (χ2n) is 5.25. The Labute approximate surface area is 98.3 Å². The smallest absolute Gasteiger partial charge is 0.103 e. The summed E-state index contributed by atoms with van der Waals surface area (Å²) in [5.41, 5.74) is 5.02. The maximum atomic E-state index is 8.58. The van der Waals surface area contributed by atoms with E-state index in [4.69, 9.17) is 5.26 Å². The van der Waals surface area contributed by atoms with Gasteiger partial charge in [0.15, 0.2) is 0 Å². The van der Waals surface area contributed by atoms with Crippen molar-refractivity contribution >= 4 is 5.69 Å². The van der Waals surface area contributed by atoms with Gasteiger partial charge in [-0.25, -0.2) is 0 Å². The van der Waals surface area contributed by atoms with E-state index in [1.165, 1.54) is 16.7 Å². The van der Waals surface area contributed by atoms with E-state index < -0.39 is 0 Å². The summed E-state index contributed by atoms with van der Waals surface area (Å²) in [6.07, 6.45) is 0. The molecule has 0 radical (unpaired) electrons. The standard InChI is InChI=1S/C14H20N2/c1-10-8-12(14(3,4)5)9-11(2)13(10)16-7-6-15/h8-9,16H,7H2,1-5H3. The fourth-order valence-electron chi connectivity index (χ4n) is 1.80. The molecule has 0 aromatic heterocycles. The minimum atomic E-state index is 0.170. The largest absolute Gasteiger partial charge is 0.372 e. The van der Waals surface area contributed by atoms with Crippen molar-refractivity contribution in [2.75, 3.05) is 11.9 Å². The van der Waals surface area contributed by atoms with Gasteiger partial charge in [-0.3, -0.25) is 0 Å².